The molecule has 3 aromatic rings. The van der Waals surface area contributed by atoms with Gasteiger partial charge in [-0.3, -0.25) is 4.79 Å². The molecule has 116 valence electrons. The van der Waals surface area contributed by atoms with Gasteiger partial charge in [0.2, 0.25) is 0 Å². The highest BCUT2D eigenvalue weighted by atomic mass is 35.5. The van der Waals surface area contributed by atoms with Gasteiger partial charge in [0, 0.05) is 22.3 Å². The highest BCUT2D eigenvalue weighted by molar-refractivity contribution is 7.21. The third kappa shape index (κ3) is 2.30. The predicted octanol–water partition coefficient (Wildman–Crippen LogP) is 4.77. The van der Waals surface area contributed by atoms with Crippen LogP contribution < -0.4 is 9.64 Å². The van der Waals surface area contributed by atoms with Crippen LogP contribution in [0.2, 0.25) is 5.02 Å². The molecule has 2 heterocycles. The summed E-state index contributed by atoms with van der Waals surface area (Å²) in [5.74, 6) is 0.737. The number of hydrogen-bond acceptors (Lipinski definition) is 3. The Morgan fingerprint density at radius 2 is 2.09 bits per heavy atom. The molecule has 3 nitrogen and oxygen atoms in total. The summed E-state index contributed by atoms with van der Waals surface area (Å²) < 4.78 is 6.21. The van der Waals surface area contributed by atoms with Crippen LogP contribution in [0.25, 0.3) is 10.1 Å². The van der Waals surface area contributed by atoms with E-state index in [9.17, 15) is 4.79 Å². The normalized spacial score (nSPS) is 13.4. The van der Waals surface area contributed by atoms with Crippen LogP contribution in [0.3, 0.4) is 0 Å². The van der Waals surface area contributed by atoms with Gasteiger partial charge in [-0.2, -0.15) is 0 Å². The maximum atomic E-state index is 13.0. The Kier molecular flexibility index (Phi) is 3.51. The van der Waals surface area contributed by atoms with E-state index in [-0.39, 0.29) is 5.91 Å². The van der Waals surface area contributed by atoms with Crippen molar-refractivity contribution in [1.29, 1.82) is 0 Å². The summed E-state index contributed by atoms with van der Waals surface area (Å²) in [7, 11) is 1.63. The number of fused-ring (bicyclic) bond motifs is 2. The lowest BCUT2D eigenvalue weighted by molar-refractivity contribution is 0.0993. The average molecular weight is 344 g/mol. The quantitative estimate of drug-likeness (QED) is 0.671. The molecule has 0 spiro atoms. The Balaban J connectivity index is 1.77. The van der Waals surface area contributed by atoms with Crippen molar-refractivity contribution in [1.82, 2.24) is 0 Å². The van der Waals surface area contributed by atoms with Crippen LogP contribution in [-0.4, -0.2) is 19.6 Å². The fourth-order valence-electron chi connectivity index (χ4n) is 2.98. The zero-order valence-electron chi connectivity index (χ0n) is 12.5. The standard InChI is InChI=1S/C18H14ClNO2S/c1-22-12-6-7-13-15(10-12)23-17(16(13)19)18(21)20-9-8-11-4-2-3-5-14(11)20/h2-7,10H,8-9H2,1H3. The minimum Gasteiger partial charge on any atom is -0.497 e. The maximum absolute atomic E-state index is 13.0. The summed E-state index contributed by atoms with van der Waals surface area (Å²) in [6, 6.07) is 13.7. The van der Waals surface area contributed by atoms with E-state index < -0.39 is 0 Å². The van der Waals surface area contributed by atoms with Crippen LogP contribution in [0.15, 0.2) is 42.5 Å². The Morgan fingerprint density at radius 3 is 2.91 bits per heavy atom. The third-order valence-electron chi connectivity index (χ3n) is 4.16. The molecular formula is C18H14ClNO2S. The number of amides is 1. The first-order valence-electron chi connectivity index (χ1n) is 7.35. The van der Waals surface area contributed by atoms with E-state index in [1.165, 1.54) is 16.9 Å². The largest absolute Gasteiger partial charge is 0.497 e. The van der Waals surface area contributed by atoms with Gasteiger partial charge in [0.1, 0.15) is 10.6 Å². The van der Waals surface area contributed by atoms with Crippen molar-refractivity contribution in [3.05, 3.63) is 57.9 Å². The summed E-state index contributed by atoms with van der Waals surface area (Å²) in [5.41, 5.74) is 2.20. The minimum absolute atomic E-state index is 0.0277. The van der Waals surface area contributed by atoms with E-state index in [0.29, 0.717) is 16.4 Å². The Bertz CT molecular complexity index is 919. The molecule has 4 rings (SSSR count). The molecule has 0 N–H and O–H groups in total. The number of benzene rings is 2. The molecule has 0 fully saturated rings. The van der Waals surface area contributed by atoms with E-state index >= 15 is 0 Å². The van der Waals surface area contributed by atoms with E-state index in [1.54, 1.807) is 7.11 Å². The number of hydrogen-bond donors (Lipinski definition) is 0. The van der Waals surface area contributed by atoms with Gasteiger partial charge in [-0.05, 0) is 36.2 Å². The van der Waals surface area contributed by atoms with Gasteiger partial charge in [0.25, 0.3) is 5.91 Å². The fraction of sp³-hybridized carbons (Fsp3) is 0.167. The number of ether oxygens (including phenoxy) is 1. The number of para-hydroxylation sites is 1. The van der Waals surface area contributed by atoms with Gasteiger partial charge in [0.05, 0.1) is 12.1 Å². The molecule has 2 aromatic carbocycles. The SMILES string of the molecule is COc1ccc2c(Cl)c(C(=O)N3CCc4ccccc43)sc2c1. The lowest BCUT2D eigenvalue weighted by Gasteiger charge is -2.16. The lowest BCUT2D eigenvalue weighted by atomic mass is 10.2. The molecule has 1 amide bonds. The molecule has 0 radical (unpaired) electrons. The Morgan fingerprint density at radius 1 is 1.26 bits per heavy atom. The first-order valence-corrected chi connectivity index (χ1v) is 8.54. The highest BCUT2D eigenvalue weighted by Gasteiger charge is 2.28. The first-order chi connectivity index (χ1) is 11.2. The van der Waals surface area contributed by atoms with Crippen LogP contribution in [0, 0.1) is 0 Å². The molecule has 0 unspecified atom stereocenters. The van der Waals surface area contributed by atoms with Gasteiger partial charge >= 0.3 is 0 Å². The van der Waals surface area contributed by atoms with E-state index in [4.69, 9.17) is 16.3 Å². The van der Waals surface area contributed by atoms with Crippen molar-refractivity contribution in [3.63, 3.8) is 0 Å². The number of nitrogens with zero attached hydrogens (tertiary/aromatic N) is 1. The topological polar surface area (TPSA) is 29.5 Å². The summed E-state index contributed by atoms with van der Waals surface area (Å²) in [6.07, 6.45) is 0.887. The van der Waals surface area contributed by atoms with Crippen molar-refractivity contribution in [2.24, 2.45) is 0 Å². The van der Waals surface area contributed by atoms with Crippen LogP contribution in [0.5, 0.6) is 5.75 Å². The Hall–Kier alpha value is -2.04. The van der Waals surface area contributed by atoms with E-state index in [2.05, 4.69) is 6.07 Å². The molecule has 0 bridgehead atoms. The number of rotatable bonds is 2. The van der Waals surface area contributed by atoms with Crippen molar-refractivity contribution >= 4 is 44.6 Å². The summed E-state index contributed by atoms with van der Waals surface area (Å²) in [4.78, 5) is 15.4. The third-order valence-corrected chi connectivity index (χ3v) is 5.81. The van der Waals surface area contributed by atoms with Crippen molar-refractivity contribution in [2.75, 3.05) is 18.6 Å². The maximum Gasteiger partial charge on any atom is 0.269 e. The lowest BCUT2D eigenvalue weighted by Crippen LogP contribution is -2.28. The van der Waals surface area contributed by atoms with E-state index in [0.717, 1.165) is 27.9 Å². The molecule has 0 saturated heterocycles. The number of carbonyl (C=O) groups is 1. The monoisotopic (exact) mass is 343 g/mol. The molecule has 0 atom stereocenters. The molecule has 0 aliphatic carbocycles. The van der Waals surface area contributed by atoms with Crippen LogP contribution in [-0.2, 0) is 6.42 Å². The molecule has 1 aromatic heterocycles. The second kappa shape index (κ2) is 5.55. The van der Waals surface area contributed by atoms with Crippen LogP contribution in [0.1, 0.15) is 15.2 Å². The predicted molar refractivity (Wildman–Crippen MR) is 95.2 cm³/mol. The molecule has 0 saturated carbocycles. The minimum atomic E-state index is -0.0277. The number of halogens is 1. The van der Waals surface area contributed by atoms with Gasteiger partial charge in [0.15, 0.2) is 0 Å². The molecular weight excluding hydrogens is 330 g/mol. The molecule has 1 aliphatic heterocycles. The van der Waals surface area contributed by atoms with Gasteiger partial charge in [-0.25, -0.2) is 0 Å². The van der Waals surface area contributed by atoms with Gasteiger partial charge < -0.3 is 9.64 Å². The molecule has 1 aliphatic rings. The van der Waals surface area contributed by atoms with Crippen molar-refractivity contribution in [2.45, 2.75) is 6.42 Å². The zero-order valence-corrected chi connectivity index (χ0v) is 14.1. The number of carbonyl (C=O) groups excluding carboxylic acids is 1. The summed E-state index contributed by atoms with van der Waals surface area (Å²) in [5, 5.41) is 1.43. The number of methoxy groups -OCH3 is 1. The van der Waals surface area contributed by atoms with Crippen molar-refractivity contribution in [3.8, 4) is 5.75 Å². The van der Waals surface area contributed by atoms with Gasteiger partial charge in [-0.1, -0.05) is 29.8 Å². The number of anilines is 1. The second-order valence-corrected chi connectivity index (χ2v) is 6.87. The number of thiophene rings is 1. The van der Waals surface area contributed by atoms with Crippen molar-refractivity contribution < 1.29 is 9.53 Å². The van der Waals surface area contributed by atoms with E-state index in [1.807, 2.05) is 41.3 Å². The Labute approximate surface area is 143 Å². The summed E-state index contributed by atoms with van der Waals surface area (Å²) >= 11 is 7.90. The van der Waals surface area contributed by atoms with Gasteiger partial charge in [-0.15, -0.1) is 11.3 Å². The van der Waals surface area contributed by atoms with Crippen LogP contribution in [0.4, 0.5) is 5.69 Å². The van der Waals surface area contributed by atoms with Crippen LogP contribution >= 0.6 is 22.9 Å². The average Bonchev–Trinajstić information content (AvgIpc) is 3.15. The molecule has 5 heteroatoms. The smallest absolute Gasteiger partial charge is 0.269 e. The molecule has 23 heavy (non-hydrogen) atoms. The highest BCUT2D eigenvalue weighted by Crippen LogP contribution is 2.39. The zero-order chi connectivity index (χ0) is 16.0. The first kappa shape index (κ1) is 14.5. The summed E-state index contributed by atoms with van der Waals surface area (Å²) in [6.45, 7) is 0.700. The fourth-order valence-corrected chi connectivity index (χ4v) is 4.47. The second-order valence-electron chi connectivity index (χ2n) is 5.44.